The molecule has 0 aliphatic carbocycles. The quantitative estimate of drug-likeness (QED) is 0.835. The van der Waals surface area contributed by atoms with Crippen LogP contribution in [0.5, 0.6) is 0 Å². The molecule has 0 spiro atoms. The Hall–Kier alpha value is -0.960. The molecule has 1 unspecified atom stereocenters. The summed E-state index contributed by atoms with van der Waals surface area (Å²) in [6.45, 7) is 6.39. The molecular formula is C13H19F2N. The largest absolute Gasteiger partial charge is 0.324 e. The minimum atomic E-state index is -0.830. The van der Waals surface area contributed by atoms with E-state index in [1.54, 1.807) is 6.07 Å². The minimum absolute atomic E-state index is 0.205. The first-order valence-electron chi connectivity index (χ1n) is 5.50. The zero-order chi connectivity index (χ0) is 12.3. The van der Waals surface area contributed by atoms with E-state index in [0.29, 0.717) is 5.56 Å². The first kappa shape index (κ1) is 13.1. The molecule has 1 nitrogen and oxygen atoms in total. The normalized spacial score (nSPS) is 13.9. The summed E-state index contributed by atoms with van der Waals surface area (Å²) in [5.41, 5.74) is 6.79. The molecule has 0 radical (unpaired) electrons. The molecule has 0 saturated heterocycles. The molecule has 0 amide bonds. The van der Waals surface area contributed by atoms with E-state index in [-0.39, 0.29) is 11.5 Å². The van der Waals surface area contributed by atoms with Crippen LogP contribution >= 0.6 is 0 Å². The van der Waals surface area contributed by atoms with Crippen molar-refractivity contribution in [2.45, 2.75) is 39.7 Å². The van der Waals surface area contributed by atoms with Crippen molar-refractivity contribution in [1.82, 2.24) is 0 Å². The molecule has 3 heteroatoms. The monoisotopic (exact) mass is 227 g/mol. The van der Waals surface area contributed by atoms with E-state index in [4.69, 9.17) is 5.73 Å². The molecule has 0 heterocycles. The van der Waals surface area contributed by atoms with Gasteiger partial charge < -0.3 is 5.73 Å². The molecule has 90 valence electrons. The maximum Gasteiger partial charge on any atom is 0.159 e. The summed E-state index contributed by atoms with van der Waals surface area (Å²) >= 11 is 0. The molecule has 1 aromatic rings. The van der Waals surface area contributed by atoms with Gasteiger partial charge in [-0.25, -0.2) is 8.78 Å². The fourth-order valence-electron chi connectivity index (χ4n) is 1.50. The summed E-state index contributed by atoms with van der Waals surface area (Å²) in [6, 6.07) is 3.63. The molecular weight excluding hydrogens is 208 g/mol. The van der Waals surface area contributed by atoms with Crippen LogP contribution in [-0.2, 0) is 0 Å². The van der Waals surface area contributed by atoms with E-state index in [2.05, 4.69) is 20.8 Å². The van der Waals surface area contributed by atoms with Gasteiger partial charge in [0.25, 0.3) is 0 Å². The van der Waals surface area contributed by atoms with Gasteiger partial charge in [-0.15, -0.1) is 0 Å². The summed E-state index contributed by atoms with van der Waals surface area (Å²) in [5, 5.41) is 0. The molecule has 0 aromatic heterocycles. The van der Waals surface area contributed by atoms with Crippen LogP contribution in [0.4, 0.5) is 8.78 Å². The van der Waals surface area contributed by atoms with E-state index in [1.807, 2.05) is 0 Å². The van der Waals surface area contributed by atoms with Crippen molar-refractivity contribution in [2.24, 2.45) is 11.1 Å². The van der Waals surface area contributed by atoms with Gasteiger partial charge in [0.05, 0.1) is 0 Å². The maximum absolute atomic E-state index is 13.0. The minimum Gasteiger partial charge on any atom is -0.324 e. The van der Waals surface area contributed by atoms with Crippen LogP contribution in [0.15, 0.2) is 18.2 Å². The van der Waals surface area contributed by atoms with E-state index >= 15 is 0 Å². The topological polar surface area (TPSA) is 26.0 Å². The molecule has 2 N–H and O–H groups in total. The lowest BCUT2D eigenvalue weighted by molar-refractivity contribution is 0.349. The van der Waals surface area contributed by atoms with Crippen molar-refractivity contribution in [3.05, 3.63) is 35.4 Å². The smallest absolute Gasteiger partial charge is 0.159 e. The summed E-state index contributed by atoms with van der Waals surface area (Å²) in [7, 11) is 0. The van der Waals surface area contributed by atoms with Crippen molar-refractivity contribution in [1.29, 1.82) is 0 Å². The van der Waals surface area contributed by atoms with Crippen LogP contribution in [-0.4, -0.2) is 0 Å². The predicted octanol–water partition coefficient (Wildman–Crippen LogP) is 3.79. The van der Waals surface area contributed by atoms with Crippen molar-refractivity contribution in [3.63, 3.8) is 0 Å². The second kappa shape index (κ2) is 4.91. The van der Waals surface area contributed by atoms with Crippen LogP contribution in [0.25, 0.3) is 0 Å². The Morgan fingerprint density at radius 3 is 2.31 bits per heavy atom. The van der Waals surface area contributed by atoms with Gasteiger partial charge in [-0.2, -0.15) is 0 Å². The second-order valence-corrected chi connectivity index (χ2v) is 5.38. The van der Waals surface area contributed by atoms with Gasteiger partial charge >= 0.3 is 0 Å². The highest BCUT2D eigenvalue weighted by molar-refractivity contribution is 5.20. The standard InChI is InChI=1S/C13H19F2N/c1-13(2,3)7-6-12(16)9-4-5-10(14)11(15)8-9/h4-5,8,12H,6-7,16H2,1-3H3. The first-order chi connectivity index (χ1) is 7.29. The number of halogens is 2. The van der Waals surface area contributed by atoms with E-state index in [9.17, 15) is 8.78 Å². The third-order valence-electron chi connectivity index (χ3n) is 2.58. The van der Waals surface area contributed by atoms with Gasteiger partial charge in [0.2, 0.25) is 0 Å². The zero-order valence-corrected chi connectivity index (χ0v) is 10.1. The predicted molar refractivity (Wildman–Crippen MR) is 62.0 cm³/mol. The number of hydrogen-bond acceptors (Lipinski definition) is 1. The average Bonchev–Trinajstić information content (AvgIpc) is 2.17. The lowest BCUT2D eigenvalue weighted by atomic mass is 9.87. The fourth-order valence-corrected chi connectivity index (χ4v) is 1.50. The van der Waals surface area contributed by atoms with Crippen LogP contribution in [0.3, 0.4) is 0 Å². The fraction of sp³-hybridized carbons (Fsp3) is 0.538. The Kier molecular flexibility index (Phi) is 4.03. The van der Waals surface area contributed by atoms with Gasteiger partial charge in [-0.1, -0.05) is 26.8 Å². The summed E-state index contributed by atoms with van der Waals surface area (Å²) in [5.74, 6) is -1.66. The summed E-state index contributed by atoms with van der Waals surface area (Å²) < 4.78 is 25.7. The Balaban J connectivity index is 2.66. The molecule has 0 saturated carbocycles. The van der Waals surface area contributed by atoms with Crippen molar-refractivity contribution in [3.8, 4) is 0 Å². The third-order valence-corrected chi connectivity index (χ3v) is 2.58. The van der Waals surface area contributed by atoms with Crippen LogP contribution in [0.1, 0.15) is 45.2 Å². The van der Waals surface area contributed by atoms with Gasteiger partial charge in [0, 0.05) is 6.04 Å². The number of hydrogen-bond donors (Lipinski definition) is 1. The van der Waals surface area contributed by atoms with Gasteiger partial charge in [0.1, 0.15) is 0 Å². The van der Waals surface area contributed by atoms with Crippen molar-refractivity contribution >= 4 is 0 Å². The van der Waals surface area contributed by atoms with Gasteiger partial charge in [-0.05, 0) is 36.0 Å². The van der Waals surface area contributed by atoms with E-state index in [1.165, 1.54) is 6.07 Å². The van der Waals surface area contributed by atoms with Gasteiger partial charge in [0.15, 0.2) is 11.6 Å². The van der Waals surface area contributed by atoms with Gasteiger partial charge in [-0.3, -0.25) is 0 Å². The molecule has 0 bridgehead atoms. The maximum atomic E-state index is 13.0. The van der Waals surface area contributed by atoms with Crippen LogP contribution < -0.4 is 5.73 Å². The number of benzene rings is 1. The van der Waals surface area contributed by atoms with Crippen LogP contribution in [0, 0.1) is 17.0 Å². The Labute approximate surface area is 95.7 Å². The summed E-state index contributed by atoms with van der Waals surface area (Å²) in [6.07, 6.45) is 1.72. The second-order valence-electron chi connectivity index (χ2n) is 5.38. The first-order valence-corrected chi connectivity index (χ1v) is 5.50. The Bertz CT molecular complexity index is 355. The SMILES string of the molecule is CC(C)(C)CCC(N)c1ccc(F)c(F)c1. The molecule has 1 atom stereocenters. The van der Waals surface area contributed by atoms with Crippen LogP contribution in [0.2, 0.25) is 0 Å². The number of nitrogens with two attached hydrogens (primary N) is 1. The summed E-state index contributed by atoms with van der Waals surface area (Å²) in [4.78, 5) is 0. The highest BCUT2D eigenvalue weighted by Gasteiger charge is 2.15. The lowest BCUT2D eigenvalue weighted by Crippen LogP contribution is -2.15. The number of rotatable bonds is 3. The highest BCUT2D eigenvalue weighted by Crippen LogP contribution is 2.26. The molecule has 1 rings (SSSR count). The van der Waals surface area contributed by atoms with Crippen molar-refractivity contribution in [2.75, 3.05) is 0 Å². The van der Waals surface area contributed by atoms with E-state index < -0.39 is 11.6 Å². The molecule has 0 aliphatic heterocycles. The average molecular weight is 227 g/mol. The van der Waals surface area contributed by atoms with Crippen molar-refractivity contribution < 1.29 is 8.78 Å². The van der Waals surface area contributed by atoms with E-state index in [0.717, 1.165) is 18.9 Å². The highest BCUT2D eigenvalue weighted by atomic mass is 19.2. The molecule has 16 heavy (non-hydrogen) atoms. The zero-order valence-electron chi connectivity index (χ0n) is 10.1. The third kappa shape index (κ3) is 3.89. The Morgan fingerprint density at radius 2 is 1.81 bits per heavy atom. The lowest BCUT2D eigenvalue weighted by Gasteiger charge is -2.21. The Morgan fingerprint density at radius 1 is 1.19 bits per heavy atom. The molecule has 0 aliphatic rings. The molecule has 0 fully saturated rings. The molecule has 1 aromatic carbocycles.